The van der Waals surface area contributed by atoms with Gasteiger partial charge in [-0.2, -0.15) is 0 Å². The number of carboxylic acids is 1. The fraction of sp³-hybridized carbons (Fsp3) is 0.417. The maximum atomic E-state index is 11.0. The highest BCUT2D eigenvalue weighted by Crippen LogP contribution is 2.62. The molecule has 0 amide bonds. The largest absolute Gasteiger partial charge is 0.481 e. The van der Waals surface area contributed by atoms with Crippen molar-refractivity contribution in [1.29, 1.82) is 0 Å². The standard InChI is InChI=1S/C12H11BrO2/c1-5-2-7(13)3-6-4-8-10(9(5)6)11(8)12(14)15/h2-3,8,10-11H,4H2,1H3,(H,14,15)/t8-,10+,11-/m1/s1. The molecule has 78 valence electrons. The van der Waals surface area contributed by atoms with Crippen molar-refractivity contribution in [2.24, 2.45) is 11.8 Å². The lowest BCUT2D eigenvalue weighted by molar-refractivity contribution is -0.139. The smallest absolute Gasteiger partial charge is 0.307 e. The molecule has 3 rings (SSSR count). The van der Waals surface area contributed by atoms with Gasteiger partial charge >= 0.3 is 5.97 Å². The highest BCUT2D eigenvalue weighted by molar-refractivity contribution is 9.10. The minimum atomic E-state index is -0.627. The molecule has 3 heteroatoms. The molecular weight excluding hydrogens is 256 g/mol. The van der Waals surface area contributed by atoms with Crippen LogP contribution in [-0.4, -0.2) is 11.1 Å². The molecule has 0 bridgehead atoms. The van der Waals surface area contributed by atoms with E-state index in [4.69, 9.17) is 5.11 Å². The molecule has 0 unspecified atom stereocenters. The fourth-order valence-corrected chi connectivity index (χ4v) is 3.70. The molecule has 15 heavy (non-hydrogen) atoms. The summed E-state index contributed by atoms with van der Waals surface area (Å²) in [6, 6.07) is 4.21. The Kier molecular flexibility index (Phi) is 1.78. The van der Waals surface area contributed by atoms with Crippen molar-refractivity contribution in [3.05, 3.63) is 33.3 Å². The molecule has 3 atom stereocenters. The normalized spacial score (nSPS) is 30.9. The van der Waals surface area contributed by atoms with E-state index in [1.165, 1.54) is 16.7 Å². The number of hydrogen-bond acceptors (Lipinski definition) is 1. The van der Waals surface area contributed by atoms with Crippen molar-refractivity contribution in [1.82, 2.24) is 0 Å². The third kappa shape index (κ3) is 1.19. The van der Waals surface area contributed by atoms with Gasteiger partial charge in [-0.3, -0.25) is 4.79 Å². The van der Waals surface area contributed by atoms with Crippen LogP contribution in [0.25, 0.3) is 0 Å². The average Bonchev–Trinajstić information content (AvgIpc) is 2.67. The summed E-state index contributed by atoms with van der Waals surface area (Å²) in [5, 5.41) is 9.02. The third-order valence-corrected chi connectivity index (χ3v) is 4.14. The second-order valence-electron chi connectivity index (χ2n) is 4.55. The number of benzene rings is 1. The first kappa shape index (κ1) is 9.40. The Labute approximate surface area is 96.4 Å². The topological polar surface area (TPSA) is 37.3 Å². The zero-order valence-electron chi connectivity index (χ0n) is 8.33. The van der Waals surface area contributed by atoms with Crippen LogP contribution in [0.2, 0.25) is 0 Å². The van der Waals surface area contributed by atoms with Crippen LogP contribution in [0.3, 0.4) is 0 Å². The summed E-state index contributed by atoms with van der Waals surface area (Å²) in [5.74, 6) is -0.0774. The van der Waals surface area contributed by atoms with Crippen LogP contribution in [0.4, 0.5) is 0 Å². The van der Waals surface area contributed by atoms with Gasteiger partial charge in [0.05, 0.1) is 5.92 Å². The molecule has 1 N–H and O–H groups in total. The van der Waals surface area contributed by atoms with Gasteiger partial charge in [-0.25, -0.2) is 0 Å². The van der Waals surface area contributed by atoms with Crippen molar-refractivity contribution >= 4 is 21.9 Å². The van der Waals surface area contributed by atoms with E-state index in [1.807, 2.05) is 0 Å². The number of hydrogen-bond donors (Lipinski definition) is 1. The Balaban J connectivity index is 2.06. The van der Waals surface area contributed by atoms with Crippen molar-refractivity contribution in [2.75, 3.05) is 0 Å². The lowest BCUT2D eigenvalue weighted by Gasteiger charge is -2.09. The van der Waals surface area contributed by atoms with Crippen LogP contribution < -0.4 is 0 Å². The van der Waals surface area contributed by atoms with Crippen molar-refractivity contribution in [3.63, 3.8) is 0 Å². The van der Waals surface area contributed by atoms with Gasteiger partial charge in [0.25, 0.3) is 0 Å². The summed E-state index contributed by atoms with van der Waals surface area (Å²) in [7, 11) is 0. The van der Waals surface area contributed by atoms with Crippen molar-refractivity contribution in [2.45, 2.75) is 19.3 Å². The molecule has 0 spiro atoms. The molecule has 2 aliphatic rings. The number of halogens is 1. The summed E-state index contributed by atoms with van der Waals surface area (Å²) >= 11 is 3.48. The molecule has 0 radical (unpaired) electrons. The second kappa shape index (κ2) is 2.85. The highest BCUT2D eigenvalue weighted by atomic mass is 79.9. The van der Waals surface area contributed by atoms with Crippen LogP contribution in [0, 0.1) is 18.8 Å². The summed E-state index contributed by atoms with van der Waals surface area (Å²) < 4.78 is 1.10. The number of aryl methyl sites for hydroxylation is 1. The van der Waals surface area contributed by atoms with Gasteiger partial charge in [0.1, 0.15) is 0 Å². The SMILES string of the molecule is Cc1cc(Br)cc2c1[C@@H]1[C@@H](C2)[C@H]1C(=O)O. The van der Waals surface area contributed by atoms with Gasteiger partial charge < -0.3 is 5.11 Å². The van der Waals surface area contributed by atoms with E-state index >= 15 is 0 Å². The van der Waals surface area contributed by atoms with E-state index in [9.17, 15) is 4.79 Å². The van der Waals surface area contributed by atoms with Crippen LogP contribution in [-0.2, 0) is 11.2 Å². The molecule has 1 saturated carbocycles. The molecule has 0 heterocycles. The van der Waals surface area contributed by atoms with E-state index in [0.717, 1.165) is 10.9 Å². The van der Waals surface area contributed by atoms with Crippen LogP contribution in [0.15, 0.2) is 16.6 Å². The summed E-state index contributed by atoms with van der Waals surface area (Å²) in [5.41, 5.74) is 3.88. The van der Waals surface area contributed by atoms with E-state index in [2.05, 4.69) is 35.0 Å². The predicted molar refractivity (Wildman–Crippen MR) is 59.9 cm³/mol. The first-order valence-electron chi connectivity index (χ1n) is 5.11. The van der Waals surface area contributed by atoms with Gasteiger partial charge in [-0.15, -0.1) is 0 Å². The number of aliphatic carboxylic acids is 1. The number of carboxylic acid groups (broad SMARTS) is 1. The Morgan fingerprint density at radius 2 is 2.27 bits per heavy atom. The van der Waals surface area contributed by atoms with Gasteiger partial charge in [-0.05, 0) is 48.1 Å². The summed E-state index contributed by atoms with van der Waals surface area (Å²) in [6.45, 7) is 2.07. The van der Waals surface area contributed by atoms with Gasteiger partial charge in [0.15, 0.2) is 0 Å². The van der Waals surface area contributed by atoms with Gasteiger partial charge in [0, 0.05) is 10.4 Å². The third-order valence-electron chi connectivity index (χ3n) is 3.68. The maximum Gasteiger partial charge on any atom is 0.307 e. The Bertz CT molecular complexity index is 467. The summed E-state index contributed by atoms with van der Waals surface area (Å²) in [6.07, 6.45) is 0.942. The number of fused-ring (bicyclic) bond motifs is 3. The zero-order valence-corrected chi connectivity index (χ0v) is 9.91. The quantitative estimate of drug-likeness (QED) is 0.849. The Morgan fingerprint density at radius 3 is 2.93 bits per heavy atom. The van der Waals surface area contributed by atoms with Crippen LogP contribution in [0.1, 0.15) is 22.6 Å². The second-order valence-corrected chi connectivity index (χ2v) is 5.47. The molecule has 0 saturated heterocycles. The molecule has 0 aromatic heterocycles. The van der Waals surface area contributed by atoms with E-state index in [-0.39, 0.29) is 5.92 Å². The minimum Gasteiger partial charge on any atom is -0.481 e. The average molecular weight is 267 g/mol. The van der Waals surface area contributed by atoms with Crippen molar-refractivity contribution in [3.8, 4) is 0 Å². The summed E-state index contributed by atoms with van der Waals surface area (Å²) in [4.78, 5) is 11.0. The van der Waals surface area contributed by atoms with E-state index < -0.39 is 5.97 Å². The molecular formula is C12H11BrO2. The first-order chi connectivity index (χ1) is 7.09. The first-order valence-corrected chi connectivity index (χ1v) is 5.90. The molecule has 1 fully saturated rings. The predicted octanol–water partition coefficient (Wildman–Crippen LogP) is 2.73. The van der Waals surface area contributed by atoms with Crippen LogP contribution >= 0.6 is 15.9 Å². The fourth-order valence-electron chi connectivity index (χ4n) is 3.08. The number of rotatable bonds is 1. The van der Waals surface area contributed by atoms with Gasteiger partial charge in [0.2, 0.25) is 0 Å². The van der Waals surface area contributed by atoms with Crippen LogP contribution in [0.5, 0.6) is 0 Å². The Morgan fingerprint density at radius 1 is 1.53 bits per heavy atom. The molecule has 1 aromatic rings. The van der Waals surface area contributed by atoms with E-state index in [1.54, 1.807) is 0 Å². The molecule has 0 aliphatic heterocycles. The lowest BCUT2D eigenvalue weighted by atomic mass is 9.98. The monoisotopic (exact) mass is 266 g/mol. The van der Waals surface area contributed by atoms with E-state index in [0.29, 0.717) is 11.8 Å². The Hall–Kier alpha value is -0.830. The minimum absolute atomic E-state index is 0.114. The maximum absolute atomic E-state index is 11.0. The number of carbonyl (C=O) groups is 1. The highest BCUT2D eigenvalue weighted by Gasteiger charge is 2.60. The molecule has 2 nitrogen and oxygen atoms in total. The molecule has 1 aromatic carbocycles. The van der Waals surface area contributed by atoms with Gasteiger partial charge in [-0.1, -0.05) is 15.9 Å². The lowest BCUT2D eigenvalue weighted by Crippen LogP contribution is -2.05. The van der Waals surface area contributed by atoms with Crippen molar-refractivity contribution < 1.29 is 9.90 Å². The zero-order chi connectivity index (χ0) is 10.7. The molecule has 2 aliphatic carbocycles.